The number of nitrogens with zero attached hydrogens (tertiary/aromatic N) is 5. The molecule has 3 heterocycles. The minimum absolute atomic E-state index is 0.0720. The highest BCUT2D eigenvalue weighted by Crippen LogP contribution is 2.22. The molecule has 0 fully saturated rings. The number of nitriles is 1. The molecule has 2 amide bonds. The number of rotatable bonds is 8. The third kappa shape index (κ3) is 5.14. The molecule has 0 atom stereocenters. The molecule has 3 rings (SSSR count). The van der Waals surface area contributed by atoms with Gasteiger partial charge >= 0.3 is 0 Å². The van der Waals surface area contributed by atoms with Gasteiger partial charge in [-0.1, -0.05) is 0 Å². The summed E-state index contributed by atoms with van der Waals surface area (Å²) in [5.41, 5.74) is 1.96. The predicted octanol–water partition coefficient (Wildman–Crippen LogP) is 1.76. The minimum atomic E-state index is -0.325. The first-order valence-corrected chi connectivity index (χ1v) is 9.98. The summed E-state index contributed by atoms with van der Waals surface area (Å²) in [6, 6.07) is 5.56. The highest BCUT2D eigenvalue weighted by atomic mass is 16.2. The lowest BCUT2D eigenvalue weighted by Gasteiger charge is -2.16. The van der Waals surface area contributed by atoms with Gasteiger partial charge in [-0.3, -0.25) is 9.59 Å². The van der Waals surface area contributed by atoms with Crippen LogP contribution in [0.25, 0.3) is 16.9 Å². The second kappa shape index (κ2) is 9.67. The summed E-state index contributed by atoms with van der Waals surface area (Å²) in [5, 5.41) is 22.8. The van der Waals surface area contributed by atoms with E-state index in [2.05, 4.69) is 37.1 Å². The quantitative estimate of drug-likeness (QED) is 0.505. The number of hydrogen-bond donors (Lipinski definition) is 3. The molecule has 31 heavy (non-hydrogen) atoms. The molecule has 3 aromatic heterocycles. The van der Waals surface area contributed by atoms with Crippen molar-refractivity contribution in [1.29, 1.82) is 5.26 Å². The first kappa shape index (κ1) is 21.7. The van der Waals surface area contributed by atoms with Gasteiger partial charge in [0.25, 0.3) is 5.91 Å². The Morgan fingerprint density at radius 3 is 2.68 bits per heavy atom. The molecule has 10 heteroatoms. The molecule has 0 spiro atoms. The fraction of sp³-hybridized carbons (Fsp3) is 0.333. The maximum Gasteiger partial charge on any atom is 0.254 e. The number of carbonyl (C=O) groups excluding carboxylic acids is 2. The Morgan fingerprint density at radius 1 is 1.16 bits per heavy atom. The molecule has 0 aliphatic rings. The van der Waals surface area contributed by atoms with Crippen LogP contribution < -0.4 is 16.0 Å². The van der Waals surface area contributed by atoms with Gasteiger partial charge in [0, 0.05) is 49.4 Å². The Morgan fingerprint density at radius 2 is 1.97 bits per heavy atom. The van der Waals surface area contributed by atoms with Crippen LogP contribution in [0.3, 0.4) is 0 Å². The van der Waals surface area contributed by atoms with Gasteiger partial charge in [-0.05, 0) is 26.8 Å². The number of pyridine rings is 2. The molecular weight excluding hydrogens is 396 g/mol. The zero-order valence-electron chi connectivity index (χ0n) is 17.6. The lowest BCUT2D eigenvalue weighted by Crippen LogP contribution is -2.31. The zero-order chi connectivity index (χ0) is 22.4. The smallest absolute Gasteiger partial charge is 0.254 e. The lowest BCUT2D eigenvalue weighted by atomic mass is 10.2. The fourth-order valence-electron chi connectivity index (χ4n) is 2.99. The molecule has 0 aliphatic heterocycles. The van der Waals surface area contributed by atoms with Crippen molar-refractivity contribution >= 4 is 28.5 Å². The van der Waals surface area contributed by atoms with Crippen LogP contribution in [0, 0.1) is 11.3 Å². The van der Waals surface area contributed by atoms with E-state index >= 15 is 0 Å². The van der Waals surface area contributed by atoms with Crippen LogP contribution in [-0.4, -0.2) is 50.7 Å². The maximum absolute atomic E-state index is 12.7. The lowest BCUT2D eigenvalue weighted by molar-refractivity contribution is -0.120. The van der Waals surface area contributed by atoms with Gasteiger partial charge in [-0.15, -0.1) is 0 Å². The Kier molecular flexibility index (Phi) is 6.77. The second-order valence-corrected chi connectivity index (χ2v) is 7.15. The third-order valence-corrected chi connectivity index (χ3v) is 4.34. The highest BCUT2D eigenvalue weighted by molar-refractivity contribution is 5.99. The van der Waals surface area contributed by atoms with E-state index in [1.165, 1.54) is 12.4 Å². The predicted molar refractivity (Wildman–Crippen MR) is 116 cm³/mol. The van der Waals surface area contributed by atoms with Gasteiger partial charge < -0.3 is 16.0 Å². The highest BCUT2D eigenvalue weighted by Gasteiger charge is 2.16. The largest absolute Gasteiger partial charge is 0.382 e. The summed E-state index contributed by atoms with van der Waals surface area (Å²) in [6.45, 7) is 6.54. The fourth-order valence-corrected chi connectivity index (χ4v) is 2.99. The van der Waals surface area contributed by atoms with Crippen molar-refractivity contribution in [2.75, 3.05) is 18.4 Å². The third-order valence-electron chi connectivity index (χ3n) is 4.34. The van der Waals surface area contributed by atoms with Gasteiger partial charge in [0.15, 0.2) is 11.5 Å². The van der Waals surface area contributed by atoms with Crippen molar-refractivity contribution in [3.8, 4) is 11.9 Å². The molecule has 0 saturated heterocycles. The summed E-state index contributed by atoms with van der Waals surface area (Å²) < 4.78 is 1.55. The summed E-state index contributed by atoms with van der Waals surface area (Å²) >= 11 is 0. The molecule has 0 aromatic carbocycles. The van der Waals surface area contributed by atoms with Crippen LogP contribution in [0.15, 0.2) is 30.7 Å². The molecule has 0 unspecified atom stereocenters. The molecule has 0 saturated carbocycles. The van der Waals surface area contributed by atoms with Crippen LogP contribution >= 0.6 is 0 Å². The SMILES string of the molecule is CCNC(=O)CCNC(=O)c1cnc(-n2ncc3cc(C#N)cnc32)cc1NC(C)C. The van der Waals surface area contributed by atoms with Crippen molar-refractivity contribution in [2.45, 2.75) is 33.2 Å². The monoisotopic (exact) mass is 420 g/mol. The first-order chi connectivity index (χ1) is 14.9. The normalized spacial score (nSPS) is 10.7. The van der Waals surface area contributed by atoms with Crippen LogP contribution in [0.2, 0.25) is 0 Å². The molecule has 0 bridgehead atoms. The Balaban J connectivity index is 1.87. The second-order valence-electron chi connectivity index (χ2n) is 7.15. The van der Waals surface area contributed by atoms with Gasteiger partial charge in [-0.25, -0.2) is 9.97 Å². The zero-order valence-corrected chi connectivity index (χ0v) is 17.6. The molecular formula is C21H24N8O2. The van der Waals surface area contributed by atoms with Crippen LogP contribution in [0.4, 0.5) is 5.69 Å². The average molecular weight is 420 g/mol. The van der Waals surface area contributed by atoms with E-state index in [4.69, 9.17) is 5.26 Å². The van der Waals surface area contributed by atoms with E-state index in [1.54, 1.807) is 23.0 Å². The molecule has 3 aromatic rings. The number of fused-ring (bicyclic) bond motifs is 1. The molecule has 0 radical (unpaired) electrons. The van der Waals surface area contributed by atoms with E-state index < -0.39 is 0 Å². The number of nitrogens with one attached hydrogen (secondary N) is 3. The summed E-state index contributed by atoms with van der Waals surface area (Å²) in [7, 11) is 0. The number of carbonyl (C=O) groups is 2. The Bertz CT molecular complexity index is 1150. The van der Waals surface area contributed by atoms with Gasteiger partial charge in [0.1, 0.15) is 6.07 Å². The number of hydrogen-bond acceptors (Lipinski definition) is 7. The summed E-state index contributed by atoms with van der Waals surface area (Å²) in [6.07, 6.45) is 4.76. The average Bonchev–Trinajstić information content (AvgIpc) is 3.16. The van der Waals surface area contributed by atoms with Gasteiger partial charge in [0.05, 0.1) is 23.0 Å². The topological polar surface area (TPSA) is 138 Å². The minimum Gasteiger partial charge on any atom is -0.382 e. The molecule has 10 nitrogen and oxygen atoms in total. The van der Waals surface area contributed by atoms with Gasteiger partial charge in [-0.2, -0.15) is 15.0 Å². The van der Waals surface area contributed by atoms with Crippen LogP contribution in [0.1, 0.15) is 43.1 Å². The van der Waals surface area contributed by atoms with Gasteiger partial charge in [0.2, 0.25) is 5.91 Å². The van der Waals surface area contributed by atoms with E-state index in [9.17, 15) is 9.59 Å². The van der Waals surface area contributed by atoms with Crippen molar-refractivity contribution in [1.82, 2.24) is 30.4 Å². The van der Waals surface area contributed by atoms with Crippen molar-refractivity contribution < 1.29 is 9.59 Å². The molecule has 0 aliphatic carbocycles. The number of amides is 2. The van der Waals surface area contributed by atoms with Crippen LogP contribution in [0.5, 0.6) is 0 Å². The Hall–Kier alpha value is -4.00. The maximum atomic E-state index is 12.7. The Labute approximate surface area is 179 Å². The van der Waals surface area contributed by atoms with E-state index in [1.807, 2.05) is 20.8 Å². The van der Waals surface area contributed by atoms with Crippen molar-refractivity contribution in [3.63, 3.8) is 0 Å². The van der Waals surface area contributed by atoms with E-state index in [0.717, 1.165) is 0 Å². The standard InChI is InChI=1S/C21H24N8O2/c1-4-23-19(30)5-6-24-21(31)16-12-25-18(8-17(16)28-13(2)3)29-20-15(11-27-29)7-14(9-22)10-26-20/h7-8,10-13H,4-6H2,1-3H3,(H,23,30)(H,24,31)(H,25,28). The van der Waals surface area contributed by atoms with Crippen LogP contribution in [-0.2, 0) is 4.79 Å². The van der Waals surface area contributed by atoms with E-state index in [0.29, 0.717) is 40.2 Å². The number of aromatic nitrogens is 4. The first-order valence-electron chi connectivity index (χ1n) is 9.98. The molecule has 3 N–H and O–H groups in total. The van der Waals surface area contributed by atoms with Crippen molar-refractivity contribution in [3.05, 3.63) is 41.9 Å². The van der Waals surface area contributed by atoms with Crippen molar-refractivity contribution in [2.24, 2.45) is 0 Å². The summed E-state index contributed by atoms with van der Waals surface area (Å²) in [5.74, 6) is 0.0391. The number of anilines is 1. The molecule has 160 valence electrons. The van der Waals surface area contributed by atoms with E-state index in [-0.39, 0.29) is 30.8 Å². The summed E-state index contributed by atoms with van der Waals surface area (Å²) in [4.78, 5) is 33.0.